The Balaban J connectivity index is 1.17. The lowest BCUT2D eigenvalue weighted by Crippen LogP contribution is -2.27. The highest BCUT2D eigenvalue weighted by Gasteiger charge is 2.32. The van der Waals surface area contributed by atoms with Gasteiger partial charge >= 0.3 is 0 Å². The third-order valence-electron chi connectivity index (χ3n) is 5.70. The zero-order valence-corrected chi connectivity index (χ0v) is 21.9. The molecule has 1 fully saturated rings. The van der Waals surface area contributed by atoms with E-state index in [0.717, 1.165) is 27.9 Å². The average Bonchev–Trinajstić information content (AvgIpc) is 3.42. The summed E-state index contributed by atoms with van der Waals surface area (Å²) in [5, 5.41) is 2.85. The number of anilines is 1. The fourth-order valence-electron chi connectivity index (χ4n) is 4.06. The second-order valence-corrected chi connectivity index (χ2v) is 10.4. The number of thioether (sulfide) groups is 1. The van der Waals surface area contributed by atoms with E-state index in [4.69, 9.17) is 26.4 Å². The van der Waals surface area contributed by atoms with Crippen molar-refractivity contribution in [2.75, 3.05) is 18.7 Å². The zero-order valence-electron chi connectivity index (χ0n) is 20.3. The topological polar surface area (TPSA) is 77.1 Å². The molecule has 2 aliphatic heterocycles. The number of ether oxygens (including phenoxy) is 3. The highest BCUT2D eigenvalue weighted by molar-refractivity contribution is 8.26. The van der Waals surface area contributed by atoms with Crippen molar-refractivity contribution in [1.82, 2.24) is 4.90 Å². The van der Waals surface area contributed by atoms with Gasteiger partial charge in [0.1, 0.15) is 10.1 Å². The summed E-state index contributed by atoms with van der Waals surface area (Å²) in [6, 6.07) is 18.7. The van der Waals surface area contributed by atoms with Crippen molar-refractivity contribution in [2.45, 2.75) is 20.4 Å². The van der Waals surface area contributed by atoms with Crippen LogP contribution < -0.4 is 19.5 Å². The van der Waals surface area contributed by atoms with E-state index in [1.807, 2.05) is 62.4 Å². The minimum atomic E-state index is -0.236. The number of nitrogens with one attached hydrogen (secondary N) is 1. The first kappa shape index (κ1) is 24.9. The van der Waals surface area contributed by atoms with Gasteiger partial charge in [0.25, 0.3) is 11.8 Å². The summed E-state index contributed by atoms with van der Waals surface area (Å²) >= 11 is 6.73. The molecule has 188 valence electrons. The highest BCUT2D eigenvalue weighted by Crippen LogP contribution is 2.36. The van der Waals surface area contributed by atoms with Crippen molar-refractivity contribution in [2.24, 2.45) is 0 Å². The Morgan fingerprint density at radius 3 is 2.54 bits per heavy atom. The maximum Gasteiger partial charge on any atom is 0.266 e. The molecular formula is C28H24N2O5S2. The maximum absolute atomic E-state index is 13.0. The Morgan fingerprint density at radius 2 is 1.78 bits per heavy atom. The van der Waals surface area contributed by atoms with Gasteiger partial charge in [-0.1, -0.05) is 48.2 Å². The smallest absolute Gasteiger partial charge is 0.266 e. The number of benzene rings is 3. The van der Waals surface area contributed by atoms with Gasteiger partial charge < -0.3 is 19.5 Å². The predicted molar refractivity (Wildman–Crippen MR) is 148 cm³/mol. The molecule has 9 heteroatoms. The van der Waals surface area contributed by atoms with Crippen molar-refractivity contribution in [3.63, 3.8) is 0 Å². The van der Waals surface area contributed by atoms with Crippen LogP contribution >= 0.6 is 24.0 Å². The van der Waals surface area contributed by atoms with Gasteiger partial charge in [0.05, 0.1) is 11.4 Å². The van der Waals surface area contributed by atoms with E-state index in [0.29, 0.717) is 33.0 Å². The second-order valence-electron chi connectivity index (χ2n) is 8.74. The molecule has 2 aliphatic rings. The summed E-state index contributed by atoms with van der Waals surface area (Å²) in [7, 11) is 0. The van der Waals surface area contributed by atoms with Crippen LogP contribution in [-0.4, -0.2) is 34.4 Å². The average molecular weight is 533 g/mol. The van der Waals surface area contributed by atoms with Gasteiger partial charge in [-0.25, -0.2) is 0 Å². The fraction of sp³-hybridized carbons (Fsp3) is 0.179. The lowest BCUT2D eigenvalue weighted by Gasteiger charge is -2.14. The van der Waals surface area contributed by atoms with Gasteiger partial charge in [0.15, 0.2) is 18.1 Å². The van der Waals surface area contributed by atoms with Gasteiger partial charge in [-0.15, -0.1) is 0 Å². The molecule has 0 radical (unpaired) electrons. The van der Waals surface area contributed by atoms with E-state index < -0.39 is 0 Å². The molecule has 0 aliphatic carbocycles. The SMILES string of the molecule is Cc1cc(C)cc(NC(=O)COc2ccc(/C=C3\SC(=S)N(Cc4ccc5c(c4)OCO5)C3=O)cc2)c1. The predicted octanol–water partition coefficient (Wildman–Crippen LogP) is 5.45. The van der Waals surface area contributed by atoms with E-state index in [1.165, 1.54) is 11.8 Å². The van der Waals surface area contributed by atoms with Crippen LogP contribution in [0.3, 0.4) is 0 Å². The van der Waals surface area contributed by atoms with E-state index in [9.17, 15) is 9.59 Å². The highest BCUT2D eigenvalue weighted by atomic mass is 32.2. The number of rotatable bonds is 7. The Hall–Kier alpha value is -3.82. The molecule has 37 heavy (non-hydrogen) atoms. The van der Waals surface area contributed by atoms with Crippen LogP contribution in [0, 0.1) is 13.8 Å². The monoisotopic (exact) mass is 532 g/mol. The molecule has 3 aromatic rings. The van der Waals surface area contributed by atoms with Crippen LogP contribution in [0.15, 0.2) is 65.6 Å². The normalized spacial score (nSPS) is 15.4. The van der Waals surface area contributed by atoms with E-state index in [2.05, 4.69) is 5.32 Å². The van der Waals surface area contributed by atoms with E-state index in [-0.39, 0.29) is 25.2 Å². The lowest BCUT2D eigenvalue weighted by atomic mass is 10.1. The molecule has 1 N–H and O–H groups in total. The number of hydrogen-bond acceptors (Lipinski definition) is 7. The molecule has 7 nitrogen and oxygen atoms in total. The van der Waals surface area contributed by atoms with E-state index >= 15 is 0 Å². The molecule has 0 saturated carbocycles. The van der Waals surface area contributed by atoms with Crippen molar-refractivity contribution >= 4 is 51.9 Å². The van der Waals surface area contributed by atoms with Gasteiger partial charge in [-0.2, -0.15) is 0 Å². The van der Waals surface area contributed by atoms with Gasteiger partial charge in [-0.3, -0.25) is 14.5 Å². The van der Waals surface area contributed by atoms with E-state index in [1.54, 1.807) is 23.1 Å². The second kappa shape index (κ2) is 10.7. The zero-order chi connectivity index (χ0) is 25.9. The summed E-state index contributed by atoms with van der Waals surface area (Å²) in [5.74, 6) is 1.55. The Labute approximate surface area is 224 Å². The third-order valence-corrected chi connectivity index (χ3v) is 7.08. The number of nitrogens with zero attached hydrogens (tertiary/aromatic N) is 1. The molecule has 1 saturated heterocycles. The third kappa shape index (κ3) is 5.95. The largest absolute Gasteiger partial charge is 0.484 e. The molecule has 0 unspecified atom stereocenters. The minimum Gasteiger partial charge on any atom is -0.484 e. The van der Waals surface area contributed by atoms with Gasteiger partial charge in [-0.05, 0) is 78.6 Å². The standard InChI is InChI=1S/C28H24N2O5S2/c1-17-9-18(2)11-21(10-17)29-26(31)15-33-22-6-3-19(4-7-22)13-25-27(32)30(28(36)37-25)14-20-5-8-23-24(12-20)35-16-34-23/h3-13H,14-16H2,1-2H3,(H,29,31)/b25-13-. The number of carbonyl (C=O) groups excluding carboxylic acids is 2. The van der Waals surface area contributed by atoms with Crippen LogP contribution in [0.2, 0.25) is 0 Å². The van der Waals surface area contributed by atoms with Crippen LogP contribution in [0.1, 0.15) is 22.3 Å². The number of thiocarbonyl (C=S) groups is 1. The number of aryl methyl sites for hydroxylation is 2. The Bertz CT molecular complexity index is 1400. The number of hydrogen-bond donors (Lipinski definition) is 1. The lowest BCUT2D eigenvalue weighted by molar-refractivity contribution is -0.122. The number of fused-ring (bicyclic) bond motifs is 1. The first-order valence-corrected chi connectivity index (χ1v) is 12.8. The Kier molecular flexibility index (Phi) is 7.16. The fourth-order valence-corrected chi connectivity index (χ4v) is 5.32. The molecular weight excluding hydrogens is 508 g/mol. The molecule has 2 amide bonds. The molecule has 0 aromatic heterocycles. The van der Waals surface area contributed by atoms with Gasteiger partial charge in [0.2, 0.25) is 6.79 Å². The molecule has 0 spiro atoms. The summed E-state index contributed by atoms with van der Waals surface area (Å²) in [4.78, 5) is 27.4. The van der Waals surface area contributed by atoms with Crippen LogP contribution in [0.5, 0.6) is 17.2 Å². The van der Waals surface area contributed by atoms with Crippen molar-refractivity contribution in [1.29, 1.82) is 0 Å². The number of amides is 2. The van der Waals surface area contributed by atoms with Crippen LogP contribution in [0.4, 0.5) is 5.69 Å². The molecule has 5 rings (SSSR count). The molecule has 0 atom stereocenters. The first-order valence-electron chi connectivity index (χ1n) is 11.6. The summed E-state index contributed by atoms with van der Waals surface area (Å²) < 4.78 is 16.9. The summed E-state index contributed by atoms with van der Waals surface area (Å²) in [6.45, 7) is 4.42. The quantitative estimate of drug-likeness (QED) is 0.320. The molecule has 2 heterocycles. The number of carbonyl (C=O) groups is 2. The van der Waals surface area contributed by atoms with Gasteiger partial charge in [0, 0.05) is 5.69 Å². The summed E-state index contributed by atoms with van der Waals surface area (Å²) in [6.07, 6.45) is 1.80. The Morgan fingerprint density at radius 1 is 1.05 bits per heavy atom. The molecule has 0 bridgehead atoms. The minimum absolute atomic E-state index is 0.106. The first-order chi connectivity index (χ1) is 17.8. The van der Waals surface area contributed by atoms with Crippen molar-refractivity contribution in [3.8, 4) is 17.2 Å². The van der Waals surface area contributed by atoms with Crippen LogP contribution in [0.25, 0.3) is 6.08 Å². The molecule has 3 aromatic carbocycles. The summed E-state index contributed by atoms with van der Waals surface area (Å²) in [5.41, 5.74) is 4.64. The maximum atomic E-state index is 13.0. The van der Waals surface area contributed by atoms with Crippen molar-refractivity contribution < 1.29 is 23.8 Å². The van der Waals surface area contributed by atoms with Crippen LogP contribution in [-0.2, 0) is 16.1 Å². The van der Waals surface area contributed by atoms with Crippen molar-refractivity contribution in [3.05, 3.63) is 87.8 Å².